The molecular formula is C31H34Cl2FN3O6. The lowest BCUT2D eigenvalue weighted by Gasteiger charge is -2.26. The number of hydrogen-bond acceptors (Lipinski definition) is 8. The predicted molar refractivity (Wildman–Crippen MR) is 165 cm³/mol. The minimum absolute atomic E-state index is 0. The van der Waals surface area contributed by atoms with Gasteiger partial charge in [0.05, 0.1) is 17.3 Å². The first kappa shape index (κ1) is 33.6. The molecule has 12 heteroatoms. The van der Waals surface area contributed by atoms with Crippen molar-refractivity contribution in [3.8, 4) is 11.5 Å². The second kappa shape index (κ2) is 15.0. The molecular weight excluding hydrogens is 600 g/mol. The van der Waals surface area contributed by atoms with Gasteiger partial charge in [0.2, 0.25) is 0 Å². The van der Waals surface area contributed by atoms with Crippen molar-refractivity contribution in [3.63, 3.8) is 0 Å². The number of ketones is 1. The van der Waals surface area contributed by atoms with E-state index in [9.17, 15) is 24.6 Å². The molecule has 230 valence electrons. The van der Waals surface area contributed by atoms with Gasteiger partial charge in [0.15, 0.2) is 11.6 Å². The quantitative estimate of drug-likeness (QED) is 0.219. The Morgan fingerprint density at radius 3 is 2.16 bits per heavy atom. The normalized spacial score (nSPS) is 18.0. The molecule has 3 aromatic carbocycles. The van der Waals surface area contributed by atoms with Crippen LogP contribution >= 0.6 is 24.8 Å². The molecule has 0 aromatic heterocycles. The predicted octanol–water partition coefficient (Wildman–Crippen LogP) is 4.62. The Morgan fingerprint density at radius 2 is 1.49 bits per heavy atom. The van der Waals surface area contributed by atoms with Crippen molar-refractivity contribution in [1.29, 1.82) is 0 Å². The van der Waals surface area contributed by atoms with Crippen LogP contribution in [0.4, 0.5) is 10.1 Å². The summed E-state index contributed by atoms with van der Waals surface area (Å²) in [6.45, 7) is 2.48. The standard InChI is InChI=1S/C31H32FN3O6.2ClH/c32-28-24(35-16-1-2-17-35)13-14-25(37)27(28)29(38)19-5-7-21(8-6-19)31(40)41-26-4-3-15-33-18-23(26)34-30(39)20-9-11-22(36)12-10-20;;/h5-14,23,26,33,36-37H,1-4,15-18H2,(H,34,39);2*1H/t23-,26-;;/m1../s1. The number of anilines is 1. The van der Waals surface area contributed by atoms with Crippen LogP contribution in [0.1, 0.15) is 62.3 Å². The molecule has 0 saturated carbocycles. The first-order valence-corrected chi connectivity index (χ1v) is 13.7. The zero-order valence-electron chi connectivity index (χ0n) is 23.3. The molecule has 2 fully saturated rings. The van der Waals surface area contributed by atoms with Crippen molar-refractivity contribution in [3.05, 3.63) is 88.7 Å². The second-order valence-corrected chi connectivity index (χ2v) is 10.3. The fourth-order valence-electron chi connectivity index (χ4n) is 5.25. The maximum atomic E-state index is 15.3. The first-order chi connectivity index (χ1) is 19.8. The average molecular weight is 635 g/mol. The van der Waals surface area contributed by atoms with E-state index in [2.05, 4.69) is 10.6 Å². The third-order valence-corrected chi connectivity index (χ3v) is 7.52. The third-order valence-electron chi connectivity index (χ3n) is 7.52. The zero-order valence-corrected chi connectivity index (χ0v) is 24.9. The number of nitrogens with zero attached hydrogens (tertiary/aromatic N) is 1. The van der Waals surface area contributed by atoms with Gasteiger partial charge in [-0.2, -0.15) is 0 Å². The molecule has 0 radical (unpaired) electrons. The lowest BCUT2D eigenvalue weighted by molar-refractivity contribution is 0.0192. The van der Waals surface area contributed by atoms with E-state index in [-0.39, 0.29) is 53.3 Å². The summed E-state index contributed by atoms with van der Waals surface area (Å²) in [5.41, 5.74) is 0.562. The number of ether oxygens (including phenoxy) is 1. The Kier molecular flexibility index (Phi) is 11.8. The highest BCUT2D eigenvalue weighted by Crippen LogP contribution is 2.32. The number of carbonyl (C=O) groups excluding carboxylic acids is 3. The molecule has 2 aliphatic rings. The summed E-state index contributed by atoms with van der Waals surface area (Å²) in [5.74, 6) is -2.82. The number of nitrogens with one attached hydrogen (secondary N) is 2. The Hall–Kier alpha value is -3.86. The number of hydrogen-bond donors (Lipinski definition) is 4. The highest BCUT2D eigenvalue weighted by molar-refractivity contribution is 6.11. The minimum atomic E-state index is -0.761. The van der Waals surface area contributed by atoms with Crippen LogP contribution in [0.2, 0.25) is 0 Å². The lowest BCUT2D eigenvalue weighted by atomic mass is 9.99. The SMILES string of the molecule is Cl.Cl.O=C(N[C@@H]1CNCCC[C@H]1OC(=O)c1ccc(C(=O)c2c(O)ccc(N3CCCC3)c2F)cc1)c1ccc(O)cc1. The molecule has 2 heterocycles. The maximum absolute atomic E-state index is 15.3. The van der Waals surface area contributed by atoms with Crippen LogP contribution in [-0.4, -0.2) is 66.2 Å². The van der Waals surface area contributed by atoms with E-state index in [0.29, 0.717) is 38.2 Å². The molecule has 43 heavy (non-hydrogen) atoms. The molecule has 1 amide bonds. The second-order valence-electron chi connectivity index (χ2n) is 10.3. The molecule has 2 saturated heterocycles. The fraction of sp³-hybridized carbons (Fsp3) is 0.323. The number of phenols is 2. The molecule has 0 unspecified atom stereocenters. The van der Waals surface area contributed by atoms with Crippen molar-refractivity contribution < 1.29 is 33.7 Å². The summed E-state index contributed by atoms with van der Waals surface area (Å²) in [4.78, 5) is 40.8. The van der Waals surface area contributed by atoms with Crippen molar-refractivity contribution in [2.75, 3.05) is 31.1 Å². The first-order valence-electron chi connectivity index (χ1n) is 13.7. The number of esters is 1. The van der Waals surface area contributed by atoms with Crippen LogP contribution in [0.5, 0.6) is 11.5 Å². The van der Waals surface area contributed by atoms with Gasteiger partial charge in [-0.1, -0.05) is 12.1 Å². The van der Waals surface area contributed by atoms with Crippen LogP contribution in [0.15, 0.2) is 60.7 Å². The topological polar surface area (TPSA) is 128 Å². The highest BCUT2D eigenvalue weighted by Gasteiger charge is 2.30. The molecule has 0 spiro atoms. The Balaban J connectivity index is 0.00000253. The monoisotopic (exact) mass is 633 g/mol. The smallest absolute Gasteiger partial charge is 0.338 e. The summed E-state index contributed by atoms with van der Waals surface area (Å²) < 4.78 is 21.1. The molecule has 9 nitrogen and oxygen atoms in total. The lowest BCUT2D eigenvalue weighted by Crippen LogP contribution is -2.49. The number of benzene rings is 3. The summed E-state index contributed by atoms with van der Waals surface area (Å²) >= 11 is 0. The van der Waals surface area contributed by atoms with Gasteiger partial charge in [0.25, 0.3) is 5.91 Å². The van der Waals surface area contributed by atoms with Crippen LogP contribution in [0, 0.1) is 5.82 Å². The maximum Gasteiger partial charge on any atom is 0.338 e. The molecule has 4 N–H and O–H groups in total. The van der Waals surface area contributed by atoms with Gasteiger partial charge in [-0.3, -0.25) is 9.59 Å². The van der Waals surface area contributed by atoms with E-state index in [0.717, 1.165) is 19.3 Å². The van der Waals surface area contributed by atoms with E-state index >= 15 is 4.39 Å². The molecule has 0 bridgehead atoms. The van der Waals surface area contributed by atoms with Crippen LogP contribution < -0.4 is 15.5 Å². The summed E-state index contributed by atoms with van der Waals surface area (Å²) in [6.07, 6.45) is 2.54. The largest absolute Gasteiger partial charge is 0.508 e. The Morgan fingerprint density at radius 1 is 0.860 bits per heavy atom. The van der Waals surface area contributed by atoms with Crippen molar-refractivity contribution in [2.24, 2.45) is 0 Å². The van der Waals surface area contributed by atoms with Gasteiger partial charge < -0.3 is 30.5 Å². The van der Waals surface area contributed by atoms with Gasteiger partial charge in [0, 0.05) is 30.8 Å². The summed E-state index contributed by atoms with van der Waals surface area (Å²) in [6, 6.07) is 13.8. The molecule has 2 aliphatic heterocycles. The number of amides is 1. The molecule has 2 atom stereocenters. The Bertz CT molecular complexity index is 1430. The number of aromatic hydroxyl groups is 2. The van der Waals surface area contributed by atoms with Crippen molar-refractivity contribution in [2.45, 2.75) is 37.8 Å². The zero-order chi connectivity index (χ0) is 28.9. The van der Waals surface area contributed by atoms with E-state index in [1.807, 2.05) is 4.90 Å². The number of carbonyl (C=O) groups is 3. The summed E-state index contributed by atoms with van der Waals surface area (Å²) in [7, 11) is 0. The van der Waals surface area contributed by atoms with E-state index in [4.69, 9.17) is 4.74 Å². The number of halogens is 3. The average Bonchev–Trinajstić information content (AvgIpc) is 3.42. The van der Waals surface area contributed by atoms with E-state index < -0.39 is 41.0 Å². The fourth-order valence-corrected chi connectivity index (χ4v) is 5.25. The number of phenolic OH excluding ortho intramolecular Hbond substituents is 2. The molecule has 3 aromatic rings. The Labute approximate surface area is 261 Å². The molecule has 0 aliphatic carbocycles. The van der Waals surface area contributed by atoms with Crippen LogP contribution in [0.3, 0.4) is 0 Å². The third kappa shape index (κ3) is 7.76. The van der Waals surface area contributed by atoms with Crippen molar-refractivity contribution in [1.82, 2.24) is 10.6 Å². The van der Waals surface area contributed by atoms with Crippen LogP contribution in [-0.2, 0) is 4.74 Å². The van der Waals surface area contributed by atoms with Gasteiger partial charge >= 0.3 is 5.97 Å². The minimum Gasteiger partial charge on any atom is -0.508 e. The van der Waals surface area contributed by atoms with Crippen LogP contribution in [0.25, 0.3) is 0 Å². The number of rotatable bonds is 7. The van der Waals surface area contributed by atoms with E-state index in [1.54, 1.807) is 0 Å². The van der Waals surface area contributed by atoms with Gasteiger partial charge in [-0.25, -0.2) is 9.18 Å². The van der Waals surface area contributed by atoms with E-state index in [1.165, 1.54) is 60.7 Å². The van der Waals surface area contributed by atoms with Crippen molar-refractivity contribution >= 4 is 48.2 Å². The highest BCUT2D eigenvalue weighted by atomic mass is 35.5. The van der Waals surface area contributed by atoms with Gasteiger partial charge in [0.1, 0.15) is 23.2 Å². The molecule has 5 rings (SSSR count). The van der Waals surface area contributed by atoms with Gasteiger partial charge in [-0.05, 0) is 80.8 Å². The summed E-state index contributed by atoms with van der Waals surface area (Å²) in [5, 5.41) is 25.9. The van der Waals surface area contributed by atoms with Gasteiger partial charge in [-0.15, -0.1) is 24.8 Å².